The number of piperazine rings is 1. The van der Waals surface area contributed by atoms with E-state index in [1.165, 1.54) is 11.3 Å². The lowest BCUT2D eigenvalue weighted by Crippen LogP contribution is -2.50. The van der Waals surface area contributed by atoms with Crippen molar-refractivity contribution in [3.63, 3.8) is 0 Å². The molecule has 164 valence electrons. The molecule has 3 aromatic rings. The van der Waals surface area contributed by atoms with Gasteiger partial charge < -0.3 is 9.32 Å². The zero-order valence-electron chi connectivity index (χ0n) is 16.2. The third-order valence-corrected chi connectivity index (χ3v) is 7.49. The van der Waals surface area contributed by atoms with E-state index < -0.39 is 21.7 Å². The lowest BCUT2D eigenvalue weighted by molar-refractivity contribution is -0.132. The zero-order valence-corrected chi connectivity index (χ0v) is 17.8. The number of halogens is 2. The summed E-state index contributed by atoms with van der Waals surface area (Å²) in [6.45, 7) is 0.531. The van der Waals surface area contributed by atoms with E-state index in [1.54, 1.807) is 4.90 Å². The molecule has 1 aromatic carbocycles. The van der Waals surface area contributed by atoms with Crippen LogP contribution in [0.2, 0.25) is 0 Å². The topological polar surface area (TPSA) is 96.6 Å². The van der Waals surface area contributed by atoms with E-state index in [0.29, 0.717) is 17.8 Å². The molecule has 12 heteroatoms. The van der Waals surface area contributed by atoms with E-state index in [2.05, 4.69) is 10.2 Å². The van der Waals surface area contributed by atoms with Gasteiger partial charge in [-0.05, 0) is 29.6 Å². The van der Waals surface area contributed by atoms with Crippen molar-refractivity contribution in [1.29, 1.82) is 0 Å². The van der Waals surface area contributed by atoms with E-state index in [4.69, 9.17) is 4.42 Å². The highest BCUT2D eigenvalue weighted by Gasteiger charge is 2.30. The lowest BCUT2D eigenvalue weighted by atomic mass is 10.2. The van der Waals surface area contributed by atoms with Gasteiger partial charge in [-0.3, -0.25) is 4.79 Å². The molecule has 8 nitrogen and oxygen atoms in total. The number of carbonyl (C=O) groups excluding carboxylic acids is 1. The minimum absolute atomic E-state index is 0.0654. The Hall–Kier alpha value is -2.70. The lowest BCUT2D eigenvalue weighted by Gasteiger charge is -2.34. The standard InChI is InChI=1S/C19H18F2N4O4S2/c20-15-2-1-14(11-16(15)21)31(27,28)25-8-6-24(7-9-25)18(26)4-3-17-22-23-19(29-17)13-5-10-30-12-13/h1-2,5,10-12H,3-4,6-9H2. The fourth-order valence-electron chi connectivity index (χ4n) is 3.19. The SMILES string of the molecule is O=C(CCc1nnc(-c2ccsc2)o1)N1CCN(S(=O)(=O)c2ccc(F)c(F)c2)CC1. The molecule has 1 saturated heterocycles. The van der Waals surface area contributed by atoms with Crippen LogP contribution in [0.1, 0.15) is 12.3 Å². The van der Waals surface area contributed by atoms with Gasteiger partial charge in [0.25, 0.3) is 0 Å². The maximum absolute atomic E-state index is 13.4. The molecule has 0 N–H and O–H groups in total. The summed E-state index contributed by atoms with van der Waals surface area (Å²) in [6.07, 6.45) is 0.435. The van der Waals surface area contributed by atoms with Crippen LogP contribution in [0, 0.1) is 11.6 Å². The molecule has 3 heterocycles. The molecule has 0 bridgehead atoms. The van der Waals surface area contributed by atoms with Crippen LogP contribution in [0.3, 0.4) is 0 Å². The molecule has 1 aliphatic rings. The molecule has 0 saturated carbocycles. The third kappa shape index (κ3) is 4.65. The highest BCUT2D eigenvalue weighted by Crippen LogP contribution is 2.22. The second-order valence-electron chi connectivity index (χ2n) is 6.87. The van der Waals surface area contributed by atoms with Crippen LogP contribution in [-0.4, -0.2) is 59.9 Å². The van der Waals surface area contributed by atoms with Gasteiger partial charge in [0.05, 0.1) is 4.90 Å². The normalized spacial score (nSPS) is 15.4. The second kappa shape index (κ2) is 8.81. The van der Waals surface area contributed by atoms with Gasteiger partial charge in [0.1, 0.15) is 0 Å². The largest absolute Gasteiger partial charge is 0.421 e. The molecule has 4 rings (SSSR count). The average molecular weight is 469 g/mol. The van der Waals surface area contributed by atoms with Crippen molar-refractivity contribution in [2.45, 2.75) is 17.7 Å². The number of nitrogens with zero attached hydrogens (tertiary/aromatic N) is 4. The van der Waals surface area contributed by atoms with E-state index in [-0.39, 0.29) is 49.8 Å². The van der Waals surface area contributed by atoms with Crippen molar-refractivity contribution in [1.82, 2.24) is 19.4 Å². The fourth-order valence-corrected chi connectivity index (χ4v) is 5.26. The maximum atomic E-state index is 13.4. The van der Waals surface area contributed by atoms with Gasteiger partial charge in [-0.2, -0.15) is 15.6 Å². The summed E-state index contributed by atoms with van der Waals surface area (Å²) in [5, 5.41) is 11.7. The van der Waals surface area contributed by atoms with Gasteiger partial charge in [0.15, 0.2) is 11.6 Å². The first-order chi connectivity index (χ1) is 14.8. The molecular weight excluding hydrogens is 450 g/mol. The fraction of sp³-hybridized carbons (Fsp3) is 0.316. The van der Waals surface area contributed by atoms with Gasteiger partial charge in [-0.15, -0.1) is 10.2 Å². The molecule has 0 unspecified atom stereocenters. The number of sulfonamides is 1. The first-order valence-electron chi connectivity index (χ1n) is 9.42. The highest BCUT2D eigenvalue weighted by atomic mass is 32.2. The molecule has 1 aliphatic heterocycles. The summed E-state index contributed by atoms with van der Waals surface area (Å²) in [4.78, 5) is 13.7. The number of carbonyl (C=O) groups is 1. The Balaban J connectivity index is 1.31. The van der Waals surface area contributed by atoms with Crippen molar-refractivity contribution >= 4 is 27.3 Å². The van der Waals surface area contributed by atoms with Crippen LogP contribution < -0.4 is 0 Å². The molecule has 0 aliphatic carbocycles. The Kier molecular flexibility index (Phi) is 6.12. The van der Waals surface area contributed by atoms with Gasteiger partial charge in [0.2, 0.25) is 27.7 Å². The molecule has 1 fully saturated rings. The van der Waals surface area contributed by atoms with Crippen LogP contribution in [0.4, 0.5) is 8.78 Å². The summed E-state index contributed by atoms with van der Waals surface area (Å²) >= 11 is 1.51. The number of aromatic nitrogens is 2. The van der Waals surface area contributed by atoms with E-state index in [0.717, 1.165) is 22.0 Å². The number of hydrogen-bond acceptors (Lipinski definition) is 7. The average Bonchev–Trinajstić information content (AvgIpc) is 3.46. The molecule has 0 spiro atoms. The van der Waals surface area contributed by atoms with Gasteiger partial charge in [-0.25, -0.2) is 17.2 Å². The summed E-state index contributed by atoms with van der Waals surface area (Å²) in [5.41, 5.74) is 0.827. The van der Waals surface area contributed by atoms with E-state index >= 15 is 0 Å². The van der Waals surface area contributed by atoms with Crippen molar-refractivity contribution in [3.05, 3.63) is 52.6 Å². The monoisotopic (exact) mass is 468 g/mol. The van der Waals surface area contributed by atoms with Crippen molar-refractivity contribution < 1.29 is 26.4 Å². The van der Waals surface area contributed by atoms with Gasteiger partial charge in [-0.1, -0.05) is 0 Å². The number of aryl methyl sites for hydroxylation is 1. The molecule has 0 atom stereocenters. The van der Waals surface area contributed by atoms with E-state index in [9.17, 15) is 22.0 Å². The van der Waals surface area contributed by atoms with Crippen LogP contribution in [0.5, 0.6) is 0 Å². The predicted molar refractivity (Wildman–Crippen MR) is 108 cm³/mol. The smallest absolute Gasteiger partial charge is 0.248 e. The summed E-state index contributed by atoms with van der Waals surface area (Å²) in [5.74, 6) is -1.73. The number of rotatable bonds is 6. The van der Waals surface area contributed by atoms with Gasteiger partial charge in [0, 0.05) is 50.0 Å². The maximum Gasteiger partial charge on any atom is 0.248 e. The number of hydrogen-bond donors (Lipinski definition) is 0. The van der Waals surface area contributed by atoms with Crippen molar-refractivity contribution in [2.24, 2.45) is 0 Å². The number of thiophene rings is 1. The zero-order chi connectivity index (χ0) is 22.0. The summed E-state index contributed by atoms with van der Waals surface area (Å²) in [6, 6.07) is 4.33. The Bertz CT molecular complexity index is 1170. The predicted octanol–water partition coefficient (Wildman–Crippen LogP) is 2.54. The van der Waals surface area contributed by atoms with Crippen LogP contribution >= 0.6 is 11.3 Å². The van der Waals surface area contributed by atoms with Gasteiger partial charge >= 0.3 is 0 Å². The van der Waals surface area contributed by atoms with E-state index in [1.807, 2.05) is 16.8 Å². The number of benzene rings is 1. The summed E-state index contributed by atoms with van der Waals surface area (Å²) in [7, 11) is -3.97. The Morgan fingerprint density at radius 2 is 1.87 bits per heavy atom. The first-order valence-corrected chi connectivity index (χ1v) is 11.8. The highest BCUT2D eigenvalue weighted by molar-refractivity contribution is 7.89. The Labute approximate surface area is 181 Å². The van der Waals surface area contributed by atoms with Crippen LogP contribution in [0.25, 0.3) is 11.5 Å². The Morgan fingerprint density at radius 1 is 1.10 bits per heavy atom. The Morgan fingerprint density at radius 3 is 2.55 bits per heavy atom. The molecular formula is C19H18F2N4O4S2. The molecule has 31 heavy (non-hydrogen) atoms. The molecule has 2 aromatic heterocycles. The first kappa shape index (κ1) is 21.5. The quantitative estimate of drug-likeness (QED) is 0.552. The van der Waals surface area contributed by atoms with Crippen LogP contribution in [-0.2, 0) is 21.2 Å². The second-order valence-corrected chi connectivity index (χ2v) is 9.59. The third-order valence-electron chi connectivity index (χ3n) is 4.91. The summed E-state index contributed by atoms with van der Waals surface area (Å²) < 4.78 is 58.5. The molecule has 0 radical (unpaired) electrons. The minimum atomic E-state index is -3.97. The minimum Gasteiger partial charge on any atom is -0.421 e. The van der Waals surface area contributed by atoms with Crippen LogP contribution in [0.15, 0.2) is 44.3 Å². The van der Waals surface area contributed by atoms with Crippen molar-refractivity contribution in [3.8, 4) is 11.5 Å². The number of amides is 1. The van der Waals surface area contributed by atoms with Crippen molar-refractivity contribution in [2.75, 3.05) is 26.2 Å². The molecule has 1 amide bonds.